The molecule has 0 unspecified atom stereocenters. The van der Waals surface area contributed by atoms with Crippen LogP contribution in [0.2, 0.25) is 0 Å². The second kappa shape index (κ2) is 6.12. The lowest BCUT2D eigenvalue weighted by Gasteiger charge is -2.18. The van der Waals surface area contributed by atoms with E-state index in [0.29, 0.717) is 39.7 Å². The highest BCUT2D eigenvalue weighted by Crippen LogP contribution is 2.30. The molecule has 0 aliphatic carbocycles. The van der Waals surface area contributed by atoms with Crippen LogP contribution in [-0.4, -0.2) is 23.4 Å². The molecule has 0 spiro atoms. The van der Waals surface area contributed by atoms with Crippen LogP contribution in [0.5, 0.6) is 5.75 Å². The van der Waals surface area contributed by atoms with Crippen molar-refractivity contribution in [2.45, 2.75) is 26.2 Å². The van der Waals surface area contributed by atoms with Gasteiger partial charge in [0.2, 0.25) is 5.89 Å². The number of rotatable bonds is 2. The van der Waals surface area contributed by atoms with Crippen molar-refractivity contribution in [1.29, 1.82) is 0 Å². The standard InChI is InChI=1S/C20H19N3O4/c1-20(2,3)19-23-14-9-12(5-7-16(14)27-19)21-18(25)11-4-6-15-13(8-11)22-17(24)10-26-15/h4-9H,10H2,1-3H3,(H,21,25)(H,22,24). The molecule has 0 saturated carbocycles. The lowest BCUT2D eigenvalue weighted by Crippen LogP contribution is -2.25. The van der Waals surface area contributed by atoms with E-state index in [1.54, 1.807) is 36.4 Å². The van der Waals surface area contributed by atoms with E-state index in [9.17, 15) is 9.59 Å². The summed E-state index contributed by atoms with van der Waals surface area (Å²) in [6.07, 6.45) is 0. The third-order valence-corrected chi connectivity index (χ3v) is 4.16. The fourth-order valence-corrected chi connectivity index (χ4v) is 2.75. The fourth-order valence-electron chi connectivity index (χ4n) is 2.75. The number of ether oxygens (including phenoxy) is 1. The molecule has 2 amide bonds. The monoisotopic (exact) mass is 365 g/mol. The number of carbonyl (C=O) groups is 2. The van der Waals surface area contributed by atoms with E-state index >= 15 is 0 Å². The summed E-state index contributed by atoms with van der Waals surface area (Å²) in [6, 6.07) is 10.2. The van der Waals surface area contributed by atoms with Crippen molar-refractivity contribution >= 4 is 34.3 Å². The van der Waals surface area contributed by atoms with Crippen molar-refractivity contribution in [3.63, 3.8) is 0 Å². The summed E-state index contributed by atoms with van der Waals surface area (Å²) in [5.74, 6) is 0.652. The lowest BCUT2D eigenvalue weighted by atomic mass is 9.97. The van der Waals surface area contributed by atoms with Crippen LogP contribution >= 0.6 is 0 Å². The Balaban J connectivity index is 1.57. The third kappa shape index (κ3) is 3.36. The Hall–Kier alpha value is -3.35. The molecular formula is C20H19N3O4. The highest BCUT2D eigenvalue weighted by Gasteiger charge is 2.21. The van der Waals surface area contributed by atoms with E-state index in [1.165, 1.54) is 0 Å². The maximum atomic E-state index is 12.6. The molecule has 7 heteroatoms. The predicted octanol–water partition coefficient (Wildman–Crippen LogP) is 3.71. The summed E-state index contributed by atoms with van der Waals surface area (Å²) in [4.78, 5) is 28.5. The molecule has 0 radical (unpaired) electrons. The van der Waals surface area contributed by atoms with E-state index in [0.717, 1.165) is 0 Å². The van der Waals surface area contributed by atoms with E-state index in [4.69, 9.17) is 9.15 Å². The second-order valence-corrected chi connectivity index (χ2v) is 7.45. The van der Waals surface area contributed by atoms with Gasteiger partial charge in [0.1, 0.15) is 11.3 Å². The SMILES string of the molecule is CC(C)(C)c1nc2cc(NC(=O)c3ccc4c(c3)NC(=O)CO4)ccc2o1. The normalized spacial score (nSPS) is 13.7. The first-order chi connectivity index (χ1) is 12.8. The molecule has 1 aliphatic heterocycles. The van der Waals surface area contributed by atoms with Crippen molar-refractivity contribution in [3.8, 4) is 5.75 Å². The molecule has 2 N–H and O–H groups in total. The summed E-state index contributed by atoms with van der Waals surface area (Å²) < 4.78 is 11.1. The largest absolute Gasteiger partial charge is 0.482 e. The molecule has 0 saturated heterocycles. The number of nitrogens with zero attached hydrogens (tertiary/aromatic N) is 1. The third-order valence-electron chi connectivity index (χ3n) is 4.16. The van der Waals surface area contributed by atoms with Crippen LogP contribution in [0.15, 0.2) is 40.8 Å². The first kappa shape index (κ1) is 17.1. The maximum absolute atomic E-state index is 12.6. The van der Waals surface area contributed by atoms with Crippen LogP contribution in [0.1, 0.15) is 37.0 Å². The molecule has 1 aromatic heterocycles. The van der Waals surface area contributed by atoms with Gasteiger partial charge in [-0.25, -0.2) is 4.98 Å². The van der Waals surface area contributed by atoms with Crippen molar-refractivity contribution in [2.75, 3.05) is 17.2 Å². The molecule has 2 aromatic carbocycles. The van der Waals surface area contributed by atoms with E-state index < -0.39 is 0 Å². The first-order valence-corrected chi connectivity index (χ1v) is 8.59. The van der Waals surface area contributed by atoms with Gasteiger partial charge in [-0.2, -0.15) is 0 Å². The van der Waals surface area contributed by atoms with Gasteiger partial charge in [0.15, 0.2) is 12.2 Å². The minimum absolute atomic E-state index is 0.0210. The van der Waals surface area contributed by atoms with Gasteiger partial charge in [0, 0.05) is 16.7 Å². The molecule has 2 heterocycles. The van der Waals surface area contributed by atoms with Gasteiger partial charge in [0.25, 0.3) is 11.8 Å². The minimum Gasteiger partial charge on any atom is -0.482 e. The van der Waals surface area contributed by atoms with E-state index in [1.807, 2.05) is 20.8 Å². The Kier molecular flexibility index (Phi) is 3.87. The van der Waals surface area contributed by atoms with Gasteiger partial charge in [-0.1, -0.05) is 20.8 Å². The Labute approximate surface area is 155 Å². The van der Waals surface area contributed by atoms with Crippen LogP contribution in [-0.2, 0) is 10.2 Å². The molecule has 138 valence electrons. The average molecular weight is 365 g/mol. The molecule has 27 heavy (non-hydrogen) atoms. The highest BCUT2D eigenvalue weighted by atomic mass is 16.5. The van der Waals surface area contributed by atoms with Crippen molar-refractivity contribution < 1.29 is 18.7 Å². The zero-order chi connectivity index (χ0) is 19.2. The Morgan fingerprint density at radius 1 is 1.19 bits per heavy atom. The summed E-state index contributed by atoms with van der Waals surface area (Å²) in [6.45, 7) is 6.06. The zero-order valence-electron chi connectivity index (χ0n) is 15.3. The first-order valence-electron chi connectivity index (χ1n) is 8.59. The number of hydrogen-bond donors (Lipinski definition) is 2. The predicted molar refractivity (Wildman–Crippen MR) is 101 cm³/mol. The molecular weight excluding hydrogens is 346 g/mol. The van der Waals surface area contributed by atoms with Crippen LogP contribution in [0.25, 0.3) is 11.1 Å². The topological polar surface area (TPSA) is 93.5 Å². The Bertz CT molecular complexity index is 1060. The molecule has 0 fully saturated rings. The van der Waals surface area contributed by atoms with Crippen molar-refractivity contribution in [2.24, 2.45) is 0 Å². The number of aromatic nitrogens is 1. The number of benzene rings is 2. The summed E-state index contributed by atoms with van der Waals surface area (Å²) in [7, 11) is 0. The summed E-state index contributed by atoms with van der Waals surface area (Å²) >= 11 is 0. The highest BCUT2D eigenvalue weighted by molar-refractivity contribution is 6.06. The van der Waals surface area contributed by atoms with Gasteiger partial charge in [-0.05, 0) is 36.4 Å². The quantitative estimate of drug-likeness (QED) is 0.722. The number of anilines is 2. The number of nitrogens with one attached hydrogen (secondary N) is 2. The summed E-state index contributed by atoms with van der Waals surface area (Å²) in [5, 5.41) is 5.54. The molecule has 4 rings (SSSR count). The lowest BCUT2D eigenvalue weighted by molar-refractivity contribution is -0.118. The van der Waals surface area contributed by atoms with Crippen molar-refractivity contribution in [1.82, 2.24) is 4.98 Å². The van der Waals surface area contributed by atoms with Gasteiger partial charge in [-0.15, -0.1) is 0 Å². The molecule has 7 nitrogen and oxygen atoms in total. The number of amides is 2. The summed E-state index contributed by atoms with van der Waals surface area (Å²) in [5.41, 5.74) is 2.67. The average Bonchev–Trinajstić information content (AvgIpc) is 3.04. The maximum Gasteiger partial charge on any atom is 0.262 e. The number of hydrogen-bond acceptors (Lipinski definition) is 5. The van der Waals surface area contributed by atoms with Crippen molar-refractivity contribution in [3.05, 3.63) is 47.9 Å². The number of carbonyl (C=O) groups excluding carboxylic acids is 2. The van der Waals surface area contributed by atoms with Crippen LogP contribution in [0.3, 0.4) is 0 Å². The molecule has 1 aliphatic rings. The van der Waals surface area contributed by atoms with E-state index in [2.05, 4.69) is 15.6 Å². The minimum atomic E-state index is -0.295. The van der Waals surface area contributed by atoms with Gasteiger partial charge in [0.05, 0.1) is 5.69 Å². The fraction of sp³-hybridized carbons (Fsp3) is 0.250. The van der Waals surface area contributed by atoms with Gasteiger partial charge in [-0.3, -0.25) is 9.59 Å². The Morgan fingerprint density at radius 2 is 2.00 bits per heavy atom. The van der Waals surface area contributed by atoms with Crippen LogP contribution in [0.4, 0.5) is 11.4 Å². The van der Waals surface area contributed by atoms with Crippen LogP contribution < -0.4 is 15.4 Å². The Morgan fingerprint density at radius 3 is 2.78 bits per heavy atom. The molecule has 3 aromatic rings. The number of fused-ring (bicyclic) bond motifs is 2. The van der Waals surface area contributed by atoms with E-state index in [-0.39, 0.29) is 23.8 Å². The molecule has 0 atom stereocenters. The molecule has 0 bridgehead atoms. The van der Waals surface area contributed by atoms with Gasteiger partial charge >= 0.3 is 0 Å². The smallest absolute Gasteiger partial charge is 0.262 e. The van der Waals surface area contributed by atoms with Crippen LogP contribution in [0, 0.1) is 0 Å². The number of oxazole rings is 1. The zero-order valence-corrected chi connectivity index (χ0v) is 15.3. The van der Waals surface area contributed by atoms with Gasteiger partial charge < -0.3 is 19.8 Å². The second-order valence-electron chi connectivity index (χ2n) is 7.45.